The Balaban J connectivity index is 1.80. The van der Waals surface area contributed by atoms with Gasteiger partial charge in [0, 0.05) is 35.2 Å². The van der Waals surface area contributed by atoms with E-state index in [0.29, 0.717) is 34.3 Å². The fourth-order valence-electron chi connectivity index (χ4n) is 6.98. The van der Waals surface area contributed by atoms with E-state index >= 15 is 0 Å². The Kier molecular flexibility index (Phi) is 6.86. The summed E-state index contributed by atoms with van der Waals surface area (Å²) >= 11 is 0. The predicted molar refractivity (Wildman–Crippen MR) is 165 cm³/mol. The lowest BCUT2D eigenvalue weighted by Gasteiger charge is -2.19. The van der Waals surface area contributed by atoms with Crippen LogP contribution in [0, 0.1) is 12.8 Å². The number of aromatic nitrogens is 4. The van der Waals surface area contributed by atoms with E-state index in [9.17, 15) is 19.5 Å². The van der Waals surface area contributed by atoms with E-state index in [0.717, 1.165) is 57.2 Å². The highest BCUT2D eigenvalue weighted by atomic mass is 16.6. The zero-order chi connectivity index (χ0) is 30.9. The highest BCUT2D eigenvalue weighted by Crippen LogP contribution is 2.44. The Bertz CT molecular complexity index is 1890. The maximum Gasteiger partial charge on any atom is 0.349 e. The Morgan fingerprint density at radius 1 is 0.953 bits per heavy atom. The molecule has 4 aliphatic rings. The highest BCUT2D eigenvalue weighted by molar-refractivity contribution is 6.18. The molecule has 0 amide bonds. The summed E-state index contributed by atoms with van der Waals surface area (Å²) in [7, 11) is 0. The first-order valence-corrected chi connectivity index (χ1v) is 14.9. The molecule has 8 bridgehead atoms. The summed E-state index contributed by atoms with van der Waals surface area (Å²) in [5.74, 6) is -2.63. The van der Waals surface area contributed by atoms with E-state index in [1.807, 2.05) is 26.0 Å². The molecule has 0 spiro atoms. The maximum absolute atomic E-state index is 13.4. The number of hydrogen-bond donors (Lipinski definition) is 3. The molecule has 0 aromatic carbocycles. The average Bonchev–Trinajstić information content (AvgIpc) is 3.61. The molecule has 3 N–H and O–H groups in total. The molecule has 222 valence electrons. The maximum atomic E-state index is 13.4. The Labute approximate surface area is 249 Å². The van der Waals surface area contributed by atoms with Gasteiger partial charge in [-0.2, -0.15) is 0 Å². The second kappa shape index (κ2) is 10.3. The number of fused-ring (bicyclic) bond motifs is 8. The van der Waals surface area contributed by atoms with Crippen molar-refractivity contribution in [2.45, 2.75) is 79.6 Å². The third kappa shape index (κ3) is 4.49. The molecule has 0 unspecified atom stereocenters. The van der Waals surface area contributed by atoms with Gasteiger partial charge in [0.2, 0.25) is 0 Å². The largest absolute Gasteiger partial charge is 0.481 e. The van der Waals surface area contributed by atoms with E-state index in [1.54, 1.807) is 0 Å². The highest BCUT2D eigenvalue weighted by Gasteiger charge is 2.38. The molecule has 2 atom stereocenters. The van der Waals surface area contributed by atoms with Crippen LogP contribution in [0.3, 0.4) is 0 Å². The van der Waals surface area contributed by atoms with Gasteiger partial charge in [0.1, 0.15) is 5.56 Å². The lowest BCUT2D eigenvalue weighted by Crippen LogP contribution is -2.21. The Morgan fingerprint density at radius 2 is 1.63 bits per heavy atom. The number of carbonyl (C=O) groups excluding carboxylic acids is 2. The number of carboxylic acid groups (broad SMARTS) is 1. The van der Waals surface area contributed by atoms with Gasteiger partial charge in [0.05, 0.1) is 33.9 Å². The molecule has 9 heteroatoms. The second-order valence-corrected chi connectivity index (χ2v) is 12.1. The minimum atomic E-state index is -0.916. The number of carbonyl (C=O) groups is 3. The second-order valence-electron chi connectivity index (χ2n) is 12.1. The van der Waals surface area contributed by atoms with Crippen molar-refractivity contribution in [1.82, 2.24) is 19.9 Å². The fraction of sp³-hybridized carbons (Fsp3) is 0.382. The summed E-state index contributed by atoms with van der Waals surface area (Å²) in [4.78, 5) is 55.1. The first-order chi connectivity index (χ1) is 20.4. The van der Waals surface area contributed by atoms with Crippen molar-refractivity contribution in [3.8, 4) is 0 Å². The number of hydrogen-bond acceptors (Lipinski definition) is 6. The average molecular weight is 581 g/mol. The number of aromatic amines is 2. The lowest BCUT2D eigenvalue weighted by atomic mass is 9.85. The first kappa shape index (κ1) is 28.6. The Hall–Kier alpha value is -4.53. The quantitative estimate of drug-likeness (QED) is 0.248. The molecule has 6 rings (SSSR count). The molecule has 43 heavy (non-hydrogen) atoms. The smallest absolute Gasteiger partial charge is 0.349 e. The molecular formula is C34H36N4O5. The van der Waals surface area contributed by atoms with Gasteiger partial charge in [0.15, 0.2) is 0 Å². The fourth-order valence-corrected chi connectivity index (χ4v) is 6.98. The van der Waals surface area contributed by atoms with Crippen molar-refractivity contribution in [2.24, 2.45) is 5.92 Å². The van der Waals surface area contributed by atoms with Crippen LogP contribution >= 0.6 is 0 Å². The van der Waals surface area contributed by atoms with Gasteiger partial charge in [0.25, 0.3) is 0 Å². The monoisotopic (exact) mass is 580 g/mol. The standard InChI is InChI=1S/C34H36N4O5/c1-8-19-15(4)21-13-26-28(14(2)3)17(6)23(36-26)11-22-16(5)20(9-10-27(39)40)31(37-22)30-32-29(33(41)43-34(30)42)18(7)24(38-32)12-25(19)35-21/h11-14,16,20,37-38H,8-10H2,1-7H3,(H,39,40)/t16-,20-/m0/s1. The van der Waals surface area contributed by atoms with Crippen LogP contribution in [0.25, 0.3) is 33.3 Å². The molecule has 0 aliphatic carbocycles. The molecule has 0 fully saturated rings. The van der Waals surface area contributed by atoms with Gasteiger partial charge in [-0.1, -0.05) is 27.7 Å². The number of cyclic esters (lactones) is 2. The molecule has 6 heterocycles. The number of aliphatic carboxylic acids is 1. The Morgan fingerprint density at radius 3 is 2.30 bits per heavy atom. The van der Waals surface area contributed by atoms with E-state index < -0.39 is 17.9 Å². The number of esters is 2. The van der Waals surface area contributed by atoms with Crippen molar-refractivity contribution in [1.29, 1.82) is 0 Å². The number of allylic oxidation sites excluding steroid dienone is 4. The van der Waals surface area contributed by atoms with Crippen LogP contribution in [-0.4, -0.2) is 43.0 Å². The van der Waals surface area contributed by atoms with Gasteiger partial charge in [-0.25, -0.2) is 19.6 Å². The number of carboxylic acids is 1. The normalized spacial score (nSPS) is 18.9. The summed E-state index contributed by atoms with van der Waals surface area (Å²) in [6.07, 6.45) is 0.999. The first-order valence-electron chi connectivity index (χ1n) is 14.9. The molecule has 2 aromatic rings. The van der Waals surface area contributed by atoms with E-state index in [2.05, 4.69) is 50.7 Å². The summed E-state index contributed by atoms with van der Waals surface area (Å²) in [6, 6.07) is 6.00. The minimum absolute atomic E-state index is 0.0709. The summed E-state index contributed by atoms with van der Waals surface area (Å²) in [5, 5.41) is 9.54. The zero-order valence-electron chi connectivity index (χ0n) is 25.6. The minimum Gasteiger partial charge on any atom is -0.481 e. The van der Waals surface area contributed by atoms with Gasteiger partial charge in [-0.15, -0.1) is 0 Å². The van der Waals surface area contributed by atoms with Crippen LogP contribution in [0.4, 0.5) is 0 Å². The van der Waals surface area contributed by atoms with E-state index in [4.69, 9.17) is 14.7 Å². The van der Waals surface area contributed by atoms with Gasteiger partial charge >= 0.3 is 17.9 Å². The van der Waals surface area contributed by atoms with Gasteiger partial charge < -0.3 is 19.8 Å². The molecule has 0 radical (unpaired) electrons. The molecular weight excluding hydrogens is 544 g/mol. The molecule has 2 aromatic heterocycles. The van der Waals surface area contributed by atoms with Crippen molar-refractivity contribution in [3.63, 3.8) is 0 Å². The third-order valence-electron chi connectivity index (χ3n) is 9.28. The van der Waals surface area contributed by atoms with Crippen LogP contribution in [0.15, 0.2) is 18.2 Å². The van der Waals surface area contributed by atoms with Crippen LogP contribution in [-0.2, 0) is 9.53 Å². The number of aryl methyl sites for hydroxylation is 1. The van der Waals surface area contributed by atoms with Crippen LogP contribution in [0.5, 0.6) is 0 Å². The van der Waals surface area contributed by atoms with Crippen molar-refractivity contribution in [2.75, 3.05) is 0 Å². The number of nitrogens with zero attached hydrogens (tertiary/aromatic N) is 2. The number of nitrogens with one attached hydrogen (secondary N) is 2. The zero-order valence-corrected chi connectivity index (χ0v) is 25.6. The lowest BCUT2D eigenvalue weighted by molar-refractivity contribution is -0.137. The number of rotatable bonds is 5. The predicted octanol–water partition coefficient (Wildman–Crippen LogP) is 7.34. The number of ether oxygens (including phenoxy) is 1. The van der Waals surface area contributed by atoms with Gasteiger partial charge in [-0.3, -0.25) is 4.79 Å². The van der Waals surface area contributed by atoms with Crippen molar-refractivity contribution >= 4 is 51.2 Å². The molecule has 9 nitrogen and oxygen atoms in total. The van der Waals surface area contributed by atoms with Crippen LogP contribution in [0.2, 0.25) is 0 Å². The van der Waals surface area contributed by atoms with Crippen molar-refractivity contribution < 1.29 is 24.2 Å². The van der Waals surface area contributed by atoms with Crippen molar-refractivity contribution in [3.05, 3.63) is 69.1 Å². The number of H-pyrrole nitrogens is 2. The van der Waals surface area contributed by atoms with Crippen LogP contribution in [0.1, 0.15) is 133 Å². The molecule has 4 aliphatic heterocycles. The summed E-state index contributed by atoms with van der Waals surface area (Å²) in [6.45, 7) is 14.4. The SMILES string of the molecule is CCC1=C(C)c2cc3nc(cc4[nH]c(c5c6[nH]c(cc1n2)c(C)c6C(=O)OC5=O)[C@@H](CCC(=O)O)[C@@H]4C)C(C)=C3C(C)C. The molecule has 0 saturated carbocycles. The molecule has 0 saturated heterocycles. The summed E-state index contributed by atoms with van der Waals surface area (Å²) < 4.78 is 5.29. The van der Waals surface area contributed by atoms with Crippen LogP contribution < -0.4 is 0 Å². The third-order valence-corrected chi connectivity index (χ3v) is 9.28. The topological polar surface area (TPSA) is 138 Å². The van der Waals surface area contributed by atoms with E-state index in [1.165, 1.54) is 0 Å². The van der Waals surface area contributed by atoms with Gasteiger partial charge in [-0.05, 0) is 85.6 Å². The summed E-state index contributed by atoms with van der Waals surface area (Å²) in [5.41, 5.74) is 11.3. The van der Waals surface area contributed by atoms with E-state index in [-0.39, 0.29) is 29.7 Å².